The second-order valence-corrected chi connectivity index (χ2v) is 7.76. The van der Waals surface area contributed by atoms with Crippen LogP contribution in [0.15, 0.2) is 60.9 Å². The van der Waals surface area contributed by atoms with Crippen molar-refractivity contribution in [2.24, 2.45) is 5.92 Å². The van der Waals surface area contributed by atoms with Gasteiger partial charge in [-0.25, -0.2) is 14.4 Å². The van der Waals surface area contributed by atoms with Crippen LogP contribution in [0.3, 0.4) is 0 Å². The van der Waals surface area contributed by atoms with Crippen molar-refractivity contribution < 1.29 is 13.9 Å². The molecule has 0 aliphatic carbocycles. The lowest BCUT2D eigenvalue weighted by molar-refractivity contribution is 0.145. The van der Waals surface area contributed by atoms with Crippen molar-refractivity contribution >= 4 is 0 Å². The van der Waals surface area contributed by atoms with Gasteiger partial charge >= 0.3 is 0 Å². The second kappa shape index (κ2) is 11.4. The highest BCUT2D eigenvalue weighted by molar-refractivity contribution is 5.64. The van der Waals surface area contributed by atoms with Crippen molar-refractivity contribution in [3.63, 3.8) is 0 Å². The van der Waals surface area contributed by atoms with E-state index in [0.29, 0.717) is 11.6 Å². The van der Waals surface area contributed by atoms with Crippen molar-refractivity contribution in [2.75, 3.05) is 13.2 Å². The largest absolute Gasteiger partial charge is 0.494 e. The highest BCUT2D eigenvalue weighted by Crippen LogP contribution is 2.24. The maximum absolute atomic E-state index is 13.9. The molecular formula is C26H31FN2O2. The third-order valence-electron chi connectivity index (χ3n) is 5.39. The average molecular weight is 423 g/mol. The number of unbranched alkanes of at least 4 members (excludes halogenated alkanes) is 1. The van der Waals surface area contributed by atoms with Crippen LogP contribution in [-0.4, -0.2) is 29.4 Å². The van der Waals surface area contributed by atoms with Gasteiger partial charge in [0.1, 0.15) is 24.3 Å². The Bertz CT molecular complexity index is 912. The highest BCUT2D eigenvalue weighted by Gasteiger charge is 2.15. The van der Waals surface area contributed by atoms with Gasteiger partial charge in [-0.15, -0.1) is 0 Å². The van der Waals surface area contributed by atoms with E-state index in [0.717, 1.165) is 48.3 Å². The van der Waals surface area contributed by atoms with Crippen molar-refractivity contribution in [1.29, 1.82) is 0 Å². The highest BCUT2D eigenvalue weighted by atomic mass is 19.1. The molecule has 31 heavy (non-hydrogen) atoms. The Labute approximate surface area is 184 Å². The molecular weight excluding hydrogens is 391 g/mol. The van der Waals surface area contributed by atoms with Crippen LogP contribution in [0.5, 0.6) is 11.5 Å². The molecule has 0 radical (unpaired) electrons. The SMILES string of the molecule is CCCCOc1ccc(-c2cnc(-c3ccc(OCC(F)C(C)CC)cc3)nc2)cc1. The van der Waals surface area contributed by atoms with E-state index in [1.165, 1.54) is 0 Å². The van der Waals surface area contributed by atoms with Crippen LogP contribution in [0.4, 0.5) is 4.39 Å². The summed E-state index contributed by atoms with van der Waals surface area (Å²) in [6.07, 6.45) is 5.65. The molecule has 4 nitrogen and oxygen atoms in total. The lowest BCUT2D eigenvalue weighted by Crippen LogP contribution is -2.20. The monoisotopic (exact) mass is 422 g/mol. The predicted molar refractivity (Wildman–Crippen MR) is 123 cm³/mol. The van der Waals surface area contributed by atoms with E-state index in [2.05, 4.69) is 16.9 Å². The van der Waals surface area contributed by atoms with Crippen LogP contribution in [-0.2, 0) is 0 Å². The zero-order valence-corrected chi connectivity index (χ0v) is 18.6. The van der Waals surface area contributed by atoms with Gasteiger partial charge in [-0.1, -0.05) is 45.7 Å². The number of hydrogen-bond acceptors (Lipinski definition) is 4. The number of alkyl halides is 1. The predicted octanol–water partition coefficient (Wildman–Crippen LogP) is 6.75. The minimum absolute atomic E-state index is 0.00373. The summed E-state index contributed by atoms with van der Waals surface area (Å²) in [6.45, 7) is 6.84. The molecule has 0 aliphatic heterocycles. The van der Waals surface area contributed by atoms with Crippen LogP contribution in [0.1, 0.15) is 40.0 Å². The number of rotatable bonds is 11. The third-order valence-corrected chi connectivity index (χ3v) is 5.39. The third kappa shape index (κ3) is 6.51. The summed E-state index contributed by atoms with van der Waals surface area (Å²) in [6, 6.07) is 15.4. The van der Waals surface area contributed by atoms with E-state index in [4.69, 9.17) is 9.47 Å². The molecule has 164 valence electrons. The van der Waals surface area contributed by atoms with Gasteiger partial charge in [0.25, 0.3) is 0 Å². The van der Waals surface area contributed by atoms with E-state index < -0.39 is 6.17 Å². The molecule has 0 N–H and O–H groups in total. The fraction of sp³-hybridized carbons (Fsp3) is 0.385. The molecule has 1 aromatic heterocycles. The number of nitrogens with zero attached hydrogens (tertiary/aromatic N) is 2. The first-order valence-electron chi connectivity index (χ1n) is 11.0. The summed E-state index contributed by atoms with van der Waals surface area (Å²) >= 11 is 0. The fourth-order valence-electron chi connectivity index (χ4n) is 3.00. The Balaban J connectivity index is 1.59. The zero-order chi connectivity index (χ0) is 22.1. The minimum Gasteiger partial charge on any atom is -0.494 e. The van der Waals surface area contributed by atoms with Crippen LogP contribution >= 0.6 is 0 Å². The maximum atomic E-state index is 13.9. The zero-order valence-electron chi connectivity index (χ0n) is 18.6. The summed E-state index contributed by atoms with van der Waals surface area (Å²) in [5.41, 5.74) is 2.88. The number of aromatic nitrogens is 2. The van der Waals surface area contributed by atoms with Crippen molar-refractivity contribution in [2.45, 2.75) is 46.2 Å². The second-order valence-electron chi connectivity index (χ2n) is 7.76. The molecule has 0 saturated carbocycles. The first-order chi connectivity index (χ1) is 15.1. The average Bonchev–Trinajstić information content (AvgIpc) is 2.83. The number of benzene rings is 2. The van der Waals surface area contributed by atoms with Crippen LogP contribution < -0.4 is 9.47 Å². The lowest BCUT2D eigenvalue weighted by atomic mass is 10.0. The summed E-state index contributed by atoms with van der Waals surface area (Å²) in [4.78, 5) is 9.01. The van der Waals surface area contributed by atoms with E-state index in [1.54, 1.807) is 0 Å². The van der Waals surface area contributed by atoms with Gasteiger partial charge in [0.15, 0.2) is 5.82 Å². The molecule has 2 unspecified atom stereocenters. The summed E-state index contributed by atoms with van der Waals surface area (Å²) < 4.78 is 25.2. The van der Waals surface area contributed by atoms with Crippen LogP contribution in [0, 0.1) is 5.92 Å². The van der Waals surface area contributed by atoms with E-state index >= 15 is 0 Å². The molecule has 3 aromatic rings. The quantitative estimate of drug-likeness (QED) is 0.321. The van der Waals surface area contributed by atoms with Gasteiger partial charge in [0.05, 0.1) is 6.61 Å². The Morgan fingerprint density at radius 3 is 1.97 bits per heavy atom. The van der Waals surface area contributed by atoms with Gasteiger partial charge in [-0.05, 0) is 54.3 Å². The van der Waals surface area contributed by atoms with Crippen molar-refractivity contribution in [3.05, 3.63) is 60.9 Å². The Morgan fingerprint density at radius 2 is 1.39 bits per heavy atom. The Kier molecular flexibility index (Phi) is 8.39. The maximum Gasteiger partial charge on any atom is 0.159 e. The standard InChI is InChI=1S/C26H31FN2O2/c1-4-6-15-30-23-11-7-20(8-12-23)22-16-28-26(29-17-22)21-9-13-24(14-10-21)31-18-25(27)19(3)5-2/h7-14,16-17,19,25H,4-6,15,18H2,1-3H3. The molecule has 0 amide bonds. The van der Waals surface area contributed by atoms with Gasteiger partial charge in [-0.3, -0.25) is 0 Å². The van der Waals surface area contributed by atoms with Gasteiger partial charge in [0.2, 0.25) is 0 Å². The van der Waals surface area contributed by atoms with Crippen LogP contribution in [0.25, 0.3) is 22.5 Å². The molecule has 0 spiro atoms. The lowest BCUT2D eigenvalue weighted by Gasteiger charge is -2.15. The summed E-state index contributed by atoms with van der Waals surface area (Å²) in [5.74, 6) is 2.15. The number of ether oxygens (including phenoxy) is 2. The summed E-state index contributed by atoms with van der Waals surface area (Å²) in [7, 11) is 0. The molecule has 0 bridgehead atoms. The smallest absolute Gasteiger partial charge is 0.159 e. The fourth-order valence-corrected chi connectivity index (χ4v) is 3.00. The molecule has 0 saturated heterocycles. The molecule has 1 heterocycles. The van der Waals surface area contributed by atoms with Crippen LogP contribution in [0.2, 0.25) is 0 Å². The van der Waals surface area contributed by atoms with Gasteiger partial charge in [-0.2, -0.15) is 0 Å². The van der Waals surface area contributed by atoms with Gasteiger partial charge < -0.3 is 9.47 Å². The topological polar surface area (TPSA) is 44.2 Å². The van der Waals surface area contributed by atoms with Gasteiger partial charge in [0, 0.05) is 23.5 Å². The normalized spacial score (nSPS) is 12.9. The number of halogens is 1. The first-order valence-corrected chi connectivity index (χ1v) is 11.0. The van der Waals surface area contributed by atoms with Crippen molar-refractivity contribution in [3.8, 4) is 34.0 Å². The summed E-state index contributed by atoms with van der Waals surface area (Å²) in [5, 5.41) is 0. The minimum atomic E-state index is -0.961. The Morgan fingerprint density at radius 1 is 0.806 bits per heavy atom. The molecule has 5 heteroatoms. The molecule has 0 fully saturated rings. The first kappa shape index (κ1) is 22.7. The van der Waals surface area contributed by atoms with E-state index in [9.17, 15) is 4.39 Å². The molecule has 2 aromatic carbocycles. The Hall–Kier alpha value is -2.95. The number of hydrogen-bond donors (Lipinski definition) is 0. The molecule has 2 atom stereocenters. The van der Waals surface area contributed by atoms with Crippen molar-refractivity contribution in [1.82, 2.24) is 9.97 Å². The van der Waals surface area contributed by atoms with E-state index in [-0.39, 0.29) is 12.5 Å². The molecule has 0 aliphatic rings. The van der Waals surface area contributed by atoms with E-state index in [1.807, 2.05) is 74.8 Å². The molecule has 3 rings (SSSR count).